The van der Waals surface area contributed by atoms with E-state index < -0.39 is 0 Å². The molecular formula is C12H18N2O2. The van der Waals surface area contributed by atoms with Gasteiger partial charge in [-0.15, -0.1) is 0 Å². The molecule has 1 fully saturated rings. The lowest BCUT2D eigenvalue weighted by atomic mass is 10.0. The van der Waals surface area contributed by atoms with E-state index >= 15 is 0 Å². The van der Waals surface area contributed by atoms with Gasteiger partial charge in [-0.05, 0) is 19.3 Å². The van der Waals surface area contributed by atoms with E-state index in [0.29, 0.717) is 0 Å². The highest BCUT2D eigenvalue weighted by Gasteiger charge is 2.37. The van der Waals surface area contributed by atoms with Crippen LogP contribution in [0.4, 0.5) is 0 Å². The number of carbonyl (C=O) groups excluding carboxylic acids is 2. The van der Waals surface area contributed by atoms with Crippen LogP contribution in [0.2, 0.25) is 0 Å². The molecule has 0 radical (unpaired) electrons. The van der Waals surface area contributed by atoms with Gasteiger partial charge in [-0.1, -0.05) is 6.08 Å². The van der Waals surface area contributed by atoms with Crippen molar-refractivity contribution in [2.24, 2.45) is 0 Å². The van der Waals surface area contributed by atoms with Gasteiger partial charge in [-0.3, -0.25) is 9.59 Å². The normalized spacial score (nSPS) is 28.9. The van der Waals surface area contributed by atoms with Crippen LogP contribution in [0.1, 0.15) is 33.1 Å². The van der Waals surface area contributed by atoms with Gasteiger partial charge in [0.15, 0.2) is 0 Å². The predicted octanol–water partition coefficient (Wildman–Crippen LogP) is 1.13. The first kappa shape index (κ1) is 11.2. The molecule has 0 aliphatic carbocycles. The second kappa shape index (κ2) is 4.28. The van der Waals surface area contributed by atoms with E-state index in [1.165, 1.54) is 0 Å². The minimum absolute atomic E-state index is 0.0640. The summed E-state index contributed by atoms with van der Waals surface area (Å²) in [5.41, 5.74) is 0. The smallest absolute Gasteiger partial charge is 0.223 e. The van der Waals surface area contributed by atoms with Crippen LogP contribution >= 0.6 is 0 Å². The van der Waals surface area contributed by atoms with Gasteiger partial charge < -0.3 is 9.80 Å². The third kappa shape index (κ3) is 1.84. The molecule has 0 spiro atoms. The summed E-state index contributed by atoms with van der Waals surface area (Å²) >= 11 is 0. The molecule has 2 atom stereocenters. The summed E-state index contributed by atoms with van der Waals surface area (Å²) in [6.07, 6.45) is 6.79. The molecule has 16 heavy (non-hydrogen) atoms. The monoisotopic (exact) mass is 222 g/mol. The lowest BCUT2D eigenvalue weighted by molar-refractivity contribution is -0.134. The zero-order chi connectivity index (χ0) is 11.7. The van der Waals surface area contributed by atoms with Crippen LogP contribution in [0.25, 0.3) is 0 Å². The molecule has 0 N–H and O–H groups in total. The number of amides is 2. The molecule has 88 valence electrons. The Bertz CT molecular complexity index is 338. The van der Waals surface area contributed by atoms with Gasteiger partial charge >= 0.3 is 0 Å². The number of hydrogen-bond donors (Lipinski definition) is 0. The van der Waals surface area contributed by atoms with E-state index in [2.05, 4.69) is 0 Å². The molecule has 2 heterocycles. The molecule has 0 bridgehead atoms. The van der Waals surface area contributed by atoms with E-state index in [1.807, 2.05) is 17.2 Å². The zero-order valence-corrected chi connectivity index (χ0v) is 9.85. The first-order chi connectivity index (χ1) is 7.61. The minimum atomic E-state index is 0.0640. The summed E-state index contributed by atoms with van der Waals surface area (Å²) in [6.45, 7) is 4.02. The summed E-state index contributed by atoms with van der Waals surface area (Å²) in [7, 11) is 0. The second-order valence-corrected chi connectivity index (χ2v) is 4.54. The van der Waals surface area contributed by atoms with Crippen LogP contribution in [0.3, 0.4) is 0 Å². The van der Waals surface area contributed by atoms with Crippen molar-refractivity contribution in [2.75, 3.05) is 6.54 Å². The molecule has 2 rings (SSSR count). The Morgan fingerprint density at radius 2 is 1.94 bits per heavy atom. The van der Waals surface area contributed by atoms with Crippen molar-refractivity contribution in [3.05, 3.63) is 12.3 Å². The first-order valence-corrected chi connectivity index (χ1v) is 5.84. The molecule has 0 aromatic rings. The van der Waals surface area contributed by atoms with E-state index in [1.54, 1.807) is 18.7 Å². The van der Waals surface area contributed by atoms with Crippen LogP contribution in [-0.4, -0.2) is 40.2 Å². The average Bonchev–Trinajstić information content (AvgIpc) is 2.85. The van der Waals surface area contributed by atoms with Gasteiger partial charge in [0.25, 0.3) is 0 Å². The third-order valence-electron chi connectivity index (χ3n) is 3.51. The van der Waals surface area contributed by atoms with Crippen molar-refractivity contribution in [3.8, 4) is 0 Å². The molecule has 0 aromatic carbocycles. The van der Waals surface area contributed by atoms with Gasteiger partial charge in [0.05, 0.1) is 12.1 Å². The number of carbonyl (C=O) groups is 2. The SMILES string of the molecule is CC(=O)N1C=CCC1C1CCCN1C(C)=O. The summed E-state index contributed by atoms with van der Waals surface area (Å²) in [5.74, 6) is 0.187. The van der Waals surface area contributed by atoms with Gasteiger partial charge in [-0.25, -0.2) is 0 Å². The molecule has 0 saturated carbocycles. The Balaban J connectivity index is 2.12. The zero-order valence-electron chi connectivity index (χ0n) is 9.85. The van der Waals surface area contributed by atoms with Crippen molar-refractivity contribution < 1.29 is 9.59 Å². The van der Waals surface area contributed by atoms with Gasteiger partial charge in [0.2, 0.25) is 11.8 Å². The topological polar surface area (TPSA) is 40.6 Å². The Morgan fingerprint density at radius 3 is 2.56 bits per heavy atom. The summed E-state index contributed by atoms with van der Waals surface area (Å²) < 4.78 is 0. The fraction of sp³-hybridized carbons (Fsp3) is 0.667. The highest BCUT2D eigenvalue weighted by molar-refractivity contribution is 5.76. The van der Waals surface area contributed by atoms with Gasteiger partial charge in [0, 0.05) is 26.6 Å². The fourth-order valence-electron chi connectivity index (χ4n) is 2.80. The Hall–Kier alpha value is -1.32. The van der Waals surface area contributed by atoms with E-state index in [0.717, 1.165) is 25.8 Å². The van der Waals surface area contributed by atoms with Crippen molar-refractivity contribution in [3.63, 3.8) is 0 Å². The molecule has 2 unspecified atom stereocenters. The van der Waals surface area contributed by atoms with Gasteiger partial charge in [0.1, 0.15) is 0 Å². The highest BCUT2D eigenvalue weighted by Crippen LogP contribution is 2.28. The quantitative estimate of drug-likeness (QED) is 0.667. The van der Waals surface area contributed by atoms with Crippen molar-refractivity contribution in [1.82, 2.24) is 9.80 Å². The van der Waals surface area contributed by atoms with Crippen LogP contribution in [-0.2, 0) is 9.59 Å². The Kier molecular flexibility index (Phi) is 2.99. The largest absolute Gasteiger partial charge is 0.338 e. The van der Waals surface area contributed by atoms with Crippen molar-refractivity contribution in [2.45, 2.75) is 45.2 Å². The van der Waals surface area contributed by atoms with E-state index in [4.69, 9.17) is 0 Å². The van der Waals surface area contributed by atoms with Gasteiger partial charge in [-0.2, -0.15) is 0 Å². The van der Waals surface area contributed by atoms with Crippen LogP contribution in [0.15, 0.2) is 12.3 Å². The van der Waals surface area contributed by atoms with Crippen molar-refractivity contribution >= 4 is 11.8 Å². The highest BCUT2D eigenvalue weighted by atomic mass is 16.2. The Morgan fingerprint density at radius 1 is 1.19 bits per heavy atom. The predicted molar refractivity (Wildman–Crippen MR) is 60.5 cm³/mol. The summed E-state index contributed by atoms with van der Waals surface area (Å²) in [6, 6.07) is 0.361. The van der Waals surface area contributed by atoms with Crippen molar-refractivity contribution in [1.29, 1.82) is 0 Å². The number of nitrogens with zero attached hydrogens (tertiary/aromatic N) is 2. The number of hydrogen-bond acceptors (Lipinski definition) is 2. The maximum atomic E-state index is 11.5. The molecule has 0 aromatic heterocycles. The van der Waals surface area contributed by atoms with Crippen LogP contribution in [0, 0.1) is 0 Å². The lowest BCUT2D eigenvalue weighted by Crippen LogP contribution is -2.48. The summed E-state index contributed by atoms with van der Waals surface area (Å²) in [5, 5.41) is 0. The lowest BCUT2D eigenvalue weighted by Gasteiger charge is -2.33. The molecule has 2 aliphatic heterocycles. The molecule has 1 saturated heterocycles. The average molecular weight is 222 g/mol. The third-order valence-corrected chi connectivity index (χ3v) is 3.51. The molecule has 2 aliphatic rings. The standard InChI is InChI=1S/C12H18N2O2/c1-9(15)13-7-3-5-11(13)12-6-4-8-14(12)10(2)16/h3,7,11-12H,4-6,8H2,1-2H3. The minimum Gasteiger partial charge on any atom is -0.338 e. The number of likely N-dealkylation sites (tertiary alicyclic amines) is 1. The Labute approximate surface area is 95.9 Å². The molecular weight excluding hydrogens is 204 g/mol. The van der Waals surface area contributed by atoms with Crippen LogP contribution < -0.4 is 0 Å². The molecule has 4 heteroatoms. The maximum absolute atomic E-state index is 11.5. The summed E-state index contributed by atoms with van der Waals surface area (Å²) in [4.78, 5) is 26.6. The molecule has 2 amide bonds. The maximum Gasteiger partial charge on any atom is 0.223 e. The second-order valence-electron chi connectivity index (χ2n) is 4.54. The molecule has 4 nitrogen and oxygen atoms in total. The van der Waals surface area contributed by atoms with E-state index in [9.17, 15) is 9.59 Å². The van der Waals surface area contributed by atoms with E-state index in [-0.39, 0.29) is 23.9 Å². The fourth-order valence-corrected chi connectivity index (χ4v) is 2.80. The number of rotatable bonds is 1. The van der Waals surface area contributed by atoms with Crippen LogP contribution in [0.5, 0.6) is 0 Å². The first-order valence-electron chi connectivity index (χ1n) is 5.84.